The van der Waals surface area contributed by atoms with Crippen molar-refractivity contribution in [3.05, 3.63) is 0 Å². The normalized spacial score (nSPS) is 8.60. The summed E-state index contributed by atoms with van der Waals surface area (Å²) in [4.78, 5) is 10.6. The van der Waals surface area contributed by atoms with Gasteiger partial charge in [-0.2, -0.15) is 0 Å². The Kier molecular flexibility index (Phi) is 3.32. The molecular formula is C6H10N2O2. The van der Waals surface area contributed by atoms with Crippen molar-refractivity contribution >= 4 is 17.4 Å². The van der Waals surface area contributed by atoms with Gasteiger partial charge in [-0.05, 0) is 13.8 Å². The lowest BCUT2D eigenvalue weighted by Crippen LogP contribution is -2.22. The van der Waals surface area contributed by atoms with Gasteiger partial charge in [-0.25, -0.2) is 4.79 Å². The molecule has 56 valence electrons. The van der Waals surface area contributed by atoms with Gasteiger partial charge in [0.2, 0.25) is 0 Å². The number of nitrogens with one attached hydrogen (secondary N) is 2. The van der Waals surface area contributed by atoms with E-state index in [-0.39, 0.29) is 18.0 Å². The summed E-state index contributed by atoms with van der Waals surface area (Å²) < 4.78 is 4.46. The minimum atomic E-state index is -0.727. The van der Waals surface area contributed by atoms with E-state index >= 15 is 0 Å². The predicted molar refractivity (Wildman–Crippen MR) is 37.8 cm³/mol. The summed E-state index contributed by atoms with van der Waals surface area (Å²) in [6.07, 6.45) is 0. The van der Waals surface area contributed by atoms with E-state index in [1.54, 1.807) is 6.92 Å². The summed E-state index contributed by atoms with van der Waals surface area (Å²) in [5.41, 5.74) is -0.444. The summed E-state index contributed by atoms with van der Waals surface area (Å²) in [5.74, 6) is -0.727. The Hall–Kier alpha value is -1.19. The monoisotopic (exact) mass is 142 g/mol. The van der Waals surface area contributed by atoms with Crippen LogP contribution >= 0.6 is 0 Å². The van der Waals surface area contributed by atoms with Crippen LogP contribution in [0.15, 0.2) is 0 Å². The molecule has 4 nitrogen and oxygen atoms in total. The first-order valence-electron chi connectivity index (χ1n) is 2.90. The second-order valence-electron chi connectivity index (χ2n) is 1.72. The number of rotatable bonds is 3. The van der Waals surface area contributed by atoms with Crippen LogP contribution in [0, 0.1) is 10.8 Å². The van der Waals surface area contributed by atoms with Gasteiger partial charge in [-0.15, -0.1) is 0 Å². The molecule has 10 heavy (non-hydrogen) atoms. The zero-order valence-electron chi connectivity index (χ0n) is 6.02. The van der Waals surface area contributed by atoms with E-state index in [4.69, 9.17) is 10.8 Å². The van der Waals surface area contributed by atoms with Crippen LogP contribution in [0.25, 0.3) is 0 Å². The third-order valence-corrected chi connectivity index (χ3v) is 0.855. The molecule has 0 saturated carbocycles. The first kappa shape index (κ1) is 8.81. The van der Waals surface area contributed by atoms with Crippen LogP contribution in [0.1, 0.15) is 13.8 Å². The first-order valence-corrected chi connectivity index (χ1v) is 2.90. The second-order valence-corrected chi connectivity index (χ2v) is 1.72. The first-order chi connectivity index (χ1) is 4.59. The van der Waals surface area contributed by atoms with Gasteiger partial charge in [0, 0.05) is 0 Å². The Balaban J connectivity index is 3.96. The fourth-order valence-corrected chi connectivity index (χ4v) is 0.356. The summed E-state index contributed by atoms with van der Waals surface area (Å²) in [6.45, 7) is 3.28. The van der Waals surface area contributed by atoms with Gasteiger partial charge in [-0.1, -0.05) is 0 Å². The molecule has 2 N–H and O–H groups in total. The largest absolute Gasteiger partial charge is 0.461 e. The van der Waals surface area contributed by atoms with Crippen molar-refractivity contribution in [2.24, 2.45) is 0 Å². The molecule has 0 rings (SSSR count). The lowest BCUT2D eigenvalue weighted by Gasteiger charge is -1.99. The van der Waals surface area contributed by atoms with E-state index in [2.05, 4.69) is 4.74 Å². The van der Waals surface area contributed by atoms with Crippen LogP contribution in [0.5, 0.6) is 0 Å². The average Bonchev–Trinajstić information content (AvgIpc) is 1.87. The highest BCUT2D eigenvalue weighted by atomic mass is 16.5. The summed E-state index contributed by atoms with van der Waals surface area (Å²) >= 11 is 0. The Bertz CT molecular complexity index is 175. The molecule has 0 atom stereocenters. The maximum Gasteiger partial charge on any atom is 0.358 e. The maximum atomic E-state index is 10.6. The smallest absolute Gasteiger partial charge is 0.358 e. The molecule has 0 aliphatic heterocycles. The molecule has 0 radical (unpaired) electrons. The molecular weight excluding hydrogens is 132 g/mol. The summed E-state index contributed by atoms with van der Waals surface area (Å²) in [5, 5.41) is 13.8. The van der Waals surface area contributed by atoms with Gasteiger partial charge < -0.3 is 10.1 Å². The van der Waals surface area contributed by atoms with E-state index in [0.29, 0.717) is 0 Å². The molecule has 0 aromatic rings. The molecule has 0 aromatic carbocycles. The topological polar surface area (TPSA) is 74.0 Å². The minimum Gasteiger partial charge on any atom is -0.461 e. The zero-order valence-corrected chi connectivity index (χ0v) is 6.02. The van der Waals surface area contributed by atoms with Crippen molar-refractivity contribution in [2.45, 2.75) is 13.8 Å². The van der Waals surface area contributed by atoms with Crippen LogP contribution in [0.4, 0.5) is 0 Å². The van der Waals surface area contributed by atoms with Gasteiger partial charge in [0.25, 0.3) is 0 Å². The molecule has 0 aliphatic carbocycles. The molecule has 0 aliphatic rings. The zero-order chi connectivity index (χ0) is 8.15. The fourth-order valence-electron chi connectivity index (χ4n) is 0.356. The molecule has 0 spiro atoms. The van der Waals surface area contributed by atoms with Gasteiger partial charge in [0.1, 0.15) is 0 Å². The third kappa shape index (κ3) is 2.39. The van der Waals surface area contributed by atoms with Crippen molar-refractivity contribution in [1.82, 2.24) is 0 Å². The molecule has 0 saturated heterocycles. The number of hydrogen-bond acceptors (Lipinski definition) is 4. The predicted octanol–water partition coefficient (Wildman–Crippen LogP) is 0.609. The van der Waals surface area contributed by atoms with E-state index < -0.39 is 5.97 Å². The van der Waals surface area contributed by atoms with Crippen LogP contribution < -0.4 is 0 Å². The van der Waals surface area contributed by atoms with Crippen LogP contribution in [-0.2, 0) is 9.53 Å². The highest BCUT2D eigenvalue weighted by Crippen LogP contribution is 1.83. The SMILES string of the molecule is CCOC(=O)C(=N)C(C)=N. The standard InChI is InChI=1S/C6H10N2O2/c1-3-10-6(9)5(8)4(2)7/h7-8H,3H2,1-2H3. The molecule has 0 bridgehead atoms. The molecule has 0 aromatic heterocycles. The van der Waals surface area contributed by atoms with Gasteiger partial charge in [-0.3, -0.25) is 5.41 Å². The summed E-state index contributed by atoms with van der Waals surface area (Å²) in [7, 11) is 0. The fraction of sp³-hybridized carbons (Fsp3) is 0.500. The number of hydrogen-bond donors (Lipinski definition) is 2. The Morgan fingerprint density at radius 3 is 2.30 bits per heavy atom. The van der Waals surface area contributed by atoms with Gasteiger partial charge >= 0.3 is 5.97 Å². The second kappa shape index (κ2) is 3.76. The number of esters is 1. The molecule has 0 amide bonds. The van der Waals surface area contributed by atoms with E-state index in [0.717, 1.165) is 0 Å². The highest BCUT2D eigenvalue weighted by molar-refractivity contribution is 6.63. The molecule has 0 heterocycles. The van der Waals surface area contributed by atoms with Crippen LogP contribution in [-0.4, -0.2) is 24.0 Å². The van der Waals surface area contributed by atoms with E-state index in [1.165, 1.54) is 6.92 Å². The van der Waals surface area contributed by atoms with Gasteiger partial charge in [0.05, 0.1) is 12.3 Å². The minimum absolute atomic E-state index is 0.0709. The highest BCUT2D eigenvalue weighted by Gasteiger charge is 2.10. The molecule has 4 heteroatoms. The Labute approximate surface area is 59.2 Å². The third-order valence-electron chi connectivity index (χ3n) is 0.855. The van der Waals surface area contributed by atoms with E-state index in [1.807, 2.05) is 0 Å². The number of carbonyl (C=O) groups excluding carboxylic acids is 1. The van der Waals surface area contributed by atoms with Crippen LogP contribution in [0.3, 0.4) is 0 Å². The maximum absolute atomic E-state index is 10.6. The van der Waals surface area contributed by atoms with Crippen molar-refractivity contribution in [3.8, 4) is 0 Å². The summed E-state index contributed by atoms with van der Waals surface area (Å²) in [6, 6.07) is 0. The lowest BCUT2D eigenvalue weighted by atomic mass is 10.3. The van der Waals surface area contributed by atoms with Crippen LogP contribution in [0.2, 0.25) is 0 Å². The van der Waals surface area contributed by atoms with Crippen molar-refractivity contribution in [3.63, 3.8) is 0 Å². The number of ether oxygens (including phenoxy) is 1. The number of carbonyl (C=O) groups is 1. The van der Waals surface area contributed by atoms with Gasteiger partial charge in [0.15, 0.2) is 5.71 Å². The lowest BCUT2D eigenvalue weighted by molar-refractivity contribution is -0.134. The Morgan fingerprint density at radius 2 is 2.00 bits per heavy atom. The average molecular weight is 142 g/mol. The van der Waals surface area contributed by atoms with E-state index in [9.17, 15) is 4.79 Å². The Morgan fingerprint density at radius 1 is 1.50 bits per heavy atom. The van der Waals surface area contributed by atoms with Crippen molar-refractivity contribution in [1.29, 1.82) is 10.8 Å². The van der Waals surface area contributed by atoms with Crippen molar-refractivity contribution < 1.29 is 9.53 Å². The quantitative estimate of drug-likeness (QED) is 0.447. The molecule has 0 unspecified atom stereocenters. The molecule has 0 fully saturated rings. The van der Waals surface area contributed by atoms with Crippen molar-refractivity contribution in [2.75, 3.05) is 6.61 Å².